The summed E-state index contributed by atoms with van der Waals surface area (Å²) in [4.78, 5) is 4.34. The van der Waals surface area contributed by atoms with Crippen LogP contribution < -0.4 is 10.1 Å². The Hall–Kier alpha value is -1.74. The van der Waals surface area contributed by atoms with Crippen molar-refractivity contribution < 1.29 is 4.74 Å². The summed E-state index contributed by atoms with van der Waals surface area (Å²) in [6.07, 6.45) is 0. The molecule has 0 saturated heterocycles. The molecule has 0 atom stereocenters. The Kier molecular flexibility index (Phi) is 4.42. The van der Waals surface area contributed by atoms with Gasteiger partial charge in [-0.05, 0) is 37.3 Å². The molecule has 0 bridgehead atoms. The minimum absolute atomic E-state index is 0.565. The van der Waals surface area contributed by atoms with Gasteiger partial charge < -0.3 is 10.1 Å². The maximum absolute atomic E-state index is 5.87. The fourth-order valence-corrected chi connectivity index (χ4v) is 1.73. The third kappa shape index (κ3) is 3.93. The zero-order valence-corrected chi connectivity index (χ0v) is 10.9. The molecule has 1 aromatic carbocycles. The Balaban J connectivity index is 1.76. The number of anilines is 1. The number of nitrogens with one attached hydrogen (secondary N) is 1. The summed E-state index contributed by atoms with van der Waals surface area (Å²) < 4.78 is 5.56. The first kappa shape index (κ1) is 12.7. The molecule has 3 nitrogen and oxygen atoms in total. The summed E-state index contributed by atoms with van der Waals surface area (Å²) in [6, 6.07) is 13.3. The number of aromatic nitrogens is 1. The van der Waals surface area contributed by atoms with Crippen LogP contribution in [0.1, 0.15) is 5.69 Å². The standard InChI is InChI=1S/C14H15ClN2O/c1-11-4-2-7-14(17-11)16-8-9-18-13-6-3-5-12(15)10-13/h2-7,10H,8-9H2,1H3,(H,16,17). The summed E-state index contributed by atoms with van der Waals surface area (Å²) in [7, 11) is 0. The van der Waals surface area contributed by atoms with Crippen molar-refractivity contribution in [2.75, 3.05) is 18.5 Å². The maximum atomic E-state index is 5.87. The van der Waals surface area contributed by atoms with Gasteiger partial charge in [-0.3, -0.25) is 0 Å². The Morgan fingerprint density at radius 3 is 2.83 bits per heavy atom. The molecule has 0 fully saturated rings. The number of ether oxygens (including phenoxy) is 1. The quantitative estimate of drug-likeness (QED) is 0.837. The van der Waals surface area contributed by atoms with Crippen LogP contribution in [0, 0.1) is 6.92 Å². The van der Waals surface area contributed by atoms with E-state index in [9.17, 15) is 0 Å². The second-order valence-electron chi connectivity index (χ2n) is 3.90. The monoisotopic (exact) mass is 262 g/mol. The molecule has 94 valence electrons. The lowest BCUT2D eigenvalue weighted by Crippen LogP contribution is -2.12. The van der Waals surface area contributed by atoms with Crippen molar-refractivity contribution in [1.29, 1.82) is 0 Å². The fourth-order valence-electron chi connectivity index (χ4n) is 1.55. The van der Waals surface area contributed by atoms with Crippen LogP contribution >= 0.6 is 11.6 Å². The molecule has 0 amide bonds. The lowest BCUT2D eigenvalue weighted by atomic mass is 10.3. The highest BCUT2D eigenvalue weighted by molar-refractivity contribution is 6.30. The van der Waals surface area contributed by atoms with Crippen LogP contribution in [0.25, 0.3) is 0 Å². The topological polar surface area (TPSA) is 34.1 Å². The lowest BCUT2D eigenvalue weighted by molar-refractivity contribution is 0.333. The van der Waals surface area contributed by atoms with Crippen molar-refractivity contribution >= 4 is 17.4 Å². The SMILES string of the molecule is Cc1cccc(NCCOc2cccc(Cl)c2)n1. The van der Waals surface area contributed by atoms with E-state index in [4.69, 9.17) is 16.3 Å². The summed E-state index contributed by atoms with van der Waals surface area (Å²) in [5, 5.41) is 3.88. The molecule has 1 aromatic heterocycles. The number of benzene rings is 1. The Labute approximate surface area is 112 Å². The van der Waals surface area contributed by atoms with Crippen molar-refractivity contribution in [2.24, 2.45) is 0 Å². The van der Waals surface area contributed by atoms with Crippen LogP contribution in [0.5, 0.6) is 5.75 Å². The number of pyridine rings is 1. The molecular weight excluding hydrogens is 248 g/mol. The summed E-state index contributed by atoms with van der Waals surface area (Å²) in [5.41, 5.74) is 0.996. The lowest BCUT2D eigenvalue weighted by Gasteiger charge is -2.08. The largest absolute Gasteiger partial charge is 0.492 e. The molecule has 2 aromatic rings. The number of hydrogen-bond donors (Lipinski definition) is 1. The molecule has 0 saturated carbocycles. The Bertz CT molecular complexity index is 469. The minimum Gasteiger partial charge on any atom is -0.492 e. The molecular formula is C14H15ClN2O. The average molecular weight is 263 g/mol. The van der Waals surface area contributed by atoms with Crippen molar-refractivity contribution in [3.05, 3.63) is 53.2 Å². The third-order valence-electron chi connectivity index (χ3n) is 2.36. The van der Waals surface area contributed by atoms with Crippen LogP contribution in [0.4, 0.5) is 5.82 Å². The molecule has 0 spiro atoms. The molecule has 1 heterocycles. The first-order valence-corrected chi connectivity index (χ1v) is 6.18. The molecule has 0 radical (unpaired) electrons. The third-order valence-corrected chi connectivity index (χ3v) is 2.60. The van der Waals surface area contributed by atoms with Gasteiger partial charge in [-0.2, -0.15) is 0 Å². The summed E-state index contributed by atoms with van der Waals surface area (Å²) in [5.74, 6) is 1.64. The molecule has 4 heteroatoms. The Morgan fingerprint density at radius 1 is 1.22 bits per heavy atom. The predicted octanol–water partition coefficient (Wildman–Crippen LogP) is 3.53. The van der Waals surface area contributed by atoms with E-state index in [0.717, 1.165) is 17.3 Å². The zero-order chi connectivity index (χ0) is 12.8. The van der Waals surface area contributed by atoms with E-state index in [2.05, 4.69) is 10.3 Å². The van der Waals surface area contributed by atoms with E-state index in [1.807, 2.05) is 43.3 Å². The number of rotatable bonds is 5. The van der Waals surface area contributed by atoms with E-state index in [1.165, 1.54) is 0 Å². The van der Waals surface area contributed by atoms with E-state index < -0.39 is 0 Å². The van der Waals surface area contributed by atoms with Gasteiger partial charge in [0.05, 0.1) is 6.54 Å². The van der Waals surface area contributed by atoms with Gasteiger partial charge >= 0.3 is 0 Å². The summed E-state index contributed by atoms with van der Waals surface area (Å²) in [6.45, 7) is 3.23. The normalized spacial score (nSPS) is 10.1. The zero-order valence-electron chi connectivity index (χ0n) is 10.2. The van der Waals surface area contributed by atoms with Crippen LogP contribution in [0.3, 0.4) is 0 Å². The predicted molar refractivity (Wildman–Crippen MR) is 74.4 cm³/mol. The first-order valence-electron chi connectivity index (χ1n) is 5.80. The highest BCUT2D eigenvalue weighted by Gasteiger charge is 1.96. The average Bonchev–Trinajstić information content (AvgIpc) is 2.35. The molecule has 18 heavy (non-hydrogen) atoms. The molecule has 0 unspecified atom stereocenters. The molecule has 0 aliphatic heterocycles. The van der Waals surface area contributed by atoms with Gasteiger partial charge in [0.25, 0.3) is 0 Å². The van der Waals surface area contributed by atoms with Gasteiger partial charge in [0, 0.05) is 10.7 Å². The number of nitrogens with zero attached hydrogens (tertiary/aromatic N) is 1. The van der Waals surface area contributed by atoms with E-state index in [-0.39, 0.29) is 0 Å². The second-order valence-corrected chi connectivity index (χ2v) is 4.33. The van der Waals surface area contributed by atoms with Crippen molar-refractivity contribution in [1.82, 2.24) is 4.98 Å². The fraction of sp³-hybridized carbons (Fsp3) is 0.214. The Morgan fingerprint density at radius 2 is 2.06 bits per heavy atom. The molecule has 2 rings (SSSR count). The van der Waals surface area contributed by atoms with E-state index in [0.29, 0.717) is 18.2 Å². The van der Waals surface area contributed by atoms with Crippen molar-refractivity contribution in [3.63, 3.8) is 0 Å². The van der Waals surface area contributed by atoms with Gasteiger partial charge in [0.15, 0.2) is 0 Å². The van der Waals surface area contributed by atoms with Crippen molar-refractivity contribution in [2.45, 2.75) is 6.92 Å². The smallest absolute Gasteiger partial charge is 0.126 e. The molecule has 0 aliphatic carbocycles. The highest BCUT2D eigenvalue weighted by Crippen LogP contribution is 2.16. The minimum atomic E-state index is 0.565. The first-order chi connectivity index (χ1) is 8.74. The van der Waals surface area contributed by atoms with E-state index >= 15 is 0 Å². The van der Waals surface area contributed by atoms with Gasteiger partial charge in [0.2, 0.25) is 0 Å². The van der Waals surface area contributed by atoms with Crippen LogP contribution in [-0.4, -0.2) is 18.1 Å². The maximum Gasteiger partial charge on any atom is 0.126 e. The van der Waals surface area contributed by atoms with Crippen LogP contribution in [0.2, 0.25) is 5.02 Å². The number of halogens is 1. The molecule has 0 aliphatic rings. The van der Waals surface area contributed by atoms with Gasteiger partial charge in [-0.25, -0.2) is 4.98 Å². The number of hydrogen-bond acceptors (Lipinski definition) is 3. The van der Waals surface area contributed by atoms with Gasteiger partial charge in [-0.15, -0.1) is 0 Å². The van der Waals surface area contributed by atoms with Crippen LogP contribution in [0.15, 0.2) is 42.5 Å². The highest BCUT2D eigenvalue weighted by atomic mass is 35.5. The molecule has 1 N–H and O–H groups in total. The van der Waals surface area contributed by atoms with Crippen LogP contribution in [-0.2, 0) is 0 Å². The number of aryl methyl sites for hydroxylation is 1. The van der Waals surface area contributed by atoms with Crippen molar-refractivity contribution in [3.8, 4) is 5.75 Å². The second kappa shape index (κ2) is 6.26. The summed E-state index contributed by atoms with van der Waals surface area (Å²) >= 11 is 5.87. The van der Waals surface area contributed by atoms with Gasteiger partial charge in [-0.1, -0.05) is 23.7 Å². The van der Waals surface area contributed by atoms with Gasteiger partial charge in [0.1, 0.15) is 18.2 Å². The van der Waals surface area contributed by atoms with E-state index in [1.54, 1.807) is 6.07 Å².